The third-order valence-electron chi connectivity index (χ3n) is 4.96. The van der Waals surface area contributed by atoms with Crippen LogP contribution in [0.4, 0.5) is 4.39 Å². The molecule has 1 fully saturated rings. The van der Waals surface area contributed by atoms with Crippen LogP contribution in [0.15, 0.2) is 53.4 Å². The predicted octanol–water partition coefficient (Wildman–Crippen LogP) is 1.62. The SMILES string of the molecule is Cc1ccc(S(=O)(=O)N2CCN(Cc3nnnn3-c3ccc(F)cc3)CC2)cc1. The number of halogens is 1. The van der Waals surface area contributed by atoms with E-state index in [2.05, 4.69) is 20.4 Å². The van der Waals surface area contributed by atoms with E-state index in [0.717, 1.165) is 5.56 Å². The molecule has 2 aromatic carbocycles. The molecule has 0 N–H and O–H groups in total. The molecule has 3 aromatic rings. The van der Waals surface area contributed by atoms with Crippen LogP contribution in [0, 0.1) is 12.7 Å². The van der Waals surface area contributed by atoms with E-state index in [-0.39, 0.29) is 5.82 Å². The number of hydrogen-bond acceptors (Lipinski definition) is 6. The Bertz CT molecular complexity index is 1070. The molecule has 29 heavy (non-hydrogen) atoms. The maximum Gasteiger partial charge on any atom is 0.243 e. The minimum atomic E-state index is -3.49. The van der Waals surface area contributed by atoms with E-state index in [1.165, 1.54) is 16.4 Å². The lowest BCUT2D eigenvalue weighted by atomic mass is 10.2. The molecule has 1 aromatic heterocycles. The van der Waals surface area contributed by atoms with Crippen LogP contribution in [-0.4, -0.2) is 64.0 Å². The molecule has 0 radical (unpaired) electrons. The molecule has 0 saturated carbocycles. The molecule has 0 aliphatic carbocycles. The number of sulfonamides is 1. The molecule has 152 valence electrons. The Hall–Kier alpha value is -2.69. The molecule has 0 unspecified atom stereocenters. The second kappa shape index (κ2) is 7.97. The highest BCUT2D eigenvalue weighted by atomic mass is 32.2. The van der Waals surface area contributed by atoms with E-state index in [1.807, 2.05) is 6.92 Å². The van der Waals surface area contributed by atoms with E-state index < -0.39 is 10.0 Å². The molecule has 4 rings (SSSR count). The van der Waals surface area contributed by atoms with Gasteiger partial charge in [0.15, 0.2) is 5.82 Å². The molecule has 10 heteroatoms. The Balaban J connectivity index is 1.42. The third kappa shape index (κ3) is 4.19. The number of hydrogen-bond donors (Lipinski definition) is 0. The average molecular weight is 416 g/mol. The van der Waals surface area contributed by atoms with Crippen molar-refractivity contribution in [3.63, 3.8) is 0 Å². The van der Waals surface area contributed by atoms with Gasteiger partial charge < -0.3 is 0 Å². The molecular formula is C19H21FN6O2S. The first kappa shape index (κ1) is 19.6. The van der Waals surface area contributed by atoms with Gasteiger partial charge in [-0.2, -0.15) is 8.99 Å². The second-order valence-electron chi connectivity index (χ2n) is 6.98. The van der Waals surface area contributed by atoms with Crippen molar-refractivity contribution < 1.29 is 12.8 Å². The van der Waals surface area contributed by atoms with Gasteiger partial charge in [-0.05, 0) is 53.7 Å². The maximum atomic E-state index is 13.2. The van der Waals surface area contributed by atoms with Crippen LogP contribution in [0.25, 0.3) is 5.69 Å². The number of rotatable bonds is 5. The number of benzene rings is 2. The second-order valence-corrected chi connectivity index (χ2v) is 8.91. The Morgan fingerprint density at radius 2 is 1.62 bits per heavy atom. The molecule has 1 aliphatic heterocycles. The van der Waals surface area contributed by atoms with Gasteiger partial charge in [0.1, 0.15) is 5.82 Å². The Labute approximate surface area is 168 Å². The van der Waals surface area contributed by atoms with E-state index in [0.29, 0.717) is 49.1 Å². The van der Waals surface area contributed by atoms with Crippen molar-refractivity contribution in [2.24, 2.45) is 0 Å². The summed E-state index contributed by atoms with van der Waals surface area (Å²) in [5.74, 6) is 0.292. The van der Waals surface area contributed by atoms with E-state index in [1.54, 1.807) is 41.1 Å². The third-order valence-corrected chi connectivity index (χ3v) is 6.87. The Morgan fingerprint density at radius 1 is 0.966 bits per heavy atom. The predicted molar refractivity (Wildman–Crippen MR) is 104 cm³/mol. The van der Waals surface area contributed by atoms with E-state index in [9.17, 15) is 12.8 Å². The summed E-state index contributed by atoms with van der Waals surface area (Å²) in [5, 5.41) is 11.8. The molecule has 2 heterocycles. The minimum absolute atomic E-state index is 0.316. The summed E-state index contributed by atoms with van der Waals surface area (Å²) in [6.07, 6.45) is 0. The highest BCUT2D eigenvalue weighted by Gasteiger charge is 2.29. The fourth-order valence-electron chi connectivity index (χ4n) is 3.27. The smallest absolute Gasteiger partial charge is 0.243 e. The zero-order chi connectivity index (χ0) is 20.4. The van der Waals surface area contributed by atoms with Gasteiger partial charge in [0.2, 0.25) is 10.0 Å². The molecule has 1 saturated heterocycles. The van der Waals surface area contributed by atoms with Gasteiger partial charge in [0, 0.05) is 26.2 Å². The first-order valence-electron chi connectivity index (χ1n) is 9.26. The first-order chi connectivity index (χ1) is 13.9. The van der Waals surface area contributed by atoms with Gasteiger partial charge in [0.25, 0.3) is 0 Å². The zero-order valence-electron chi connectivity index (χ0n) is 15.9. The topological polar surface area (TPSA) is 84.2 Å². The molecule has 1 aliphatic rings. The van der Waals surface area contributed by atoms with Crippen molar-refractivity contribution in [1.82, 2.24) is 29.4 Å². The number of aromatic nitrogens is 4. The summed E-state index contributed by atoms with van der Waals surface area (Å²) in [6.45, 7) is 4.34. The summed E-state index contributed by atoms with van der Waals surface area (Å²) in [5.41, 5.74) is 1.69. The lowest BCUT2D eigenvalue weighted by Crippen LogP contribution is -2.48. The summed E-state index contributed by atoms with van der Waals surface area (Å²) in [7, 11) is -3.49. The molecule has 0 atom stereocenters. The van der Waals surface area contributed by atoms with Gasteiger partial charge in [-0.3, -0.25) is 4.90 Å². The fourth-order valence-corrected chi connectivity index (χ4v) is 4.70. The monoisotopic (exact) mass is 416 g/mol. The van der Waals surface area contributed by atoms with Crippen LogP contribution in [0.5, 0.6) is 0 Å². The Kier molecular flexibility index (Phi) is 5.39. The van der Waals surface area contributed by atoms with Crippen molar-refractivity contribution in [3.05, 3.63) is 65.7 Å². The molecular weight excluding hydrogens is 395 g/mol. The molecule has 8 nitrogen and oxygen atoms in total. The number of tetrazole rings is 1. The maximum absolute atomic E-state index is 13.2. The van der Waals surface area contributed by atoms with Crippen molar-refractivity contribution in [1.29, 1.82) is 0 Å². The quantitative estimate of drug-likeness (QED) is 0.628. The lowest BCUT2D eigenvalue weighted by molar-refractivity contribution is 0.177. The highest BCUT2D eigenvalue weighted by Crippen LogP contribution is 2.19. The van der Waals surface area contributed by atoms with Gasteiger partial charge in [-0.1, -0.05) is 17.7 Å². The lowest BCUT2D eigenvalue weighted by Gasteiger charge is -2.33. The van der Waals surface area contributed by atoms with Gasteiger partial charge in [-0.15, -0.1) is 5.10 Å². The molecule has 0 amide bonds. The van der Waals surface area contributed by atoms with Crippen molar-refractivity contribution in [2.75, 3.05) is 26.2 Å². The van der Waals surface area contributed by atoms with Gasteiger partial charge >= 0.3 is 0 Å². The number of aryl methyl sites for hydroxylation is 1. The fraction of sp³-hybridized carbons (Fsp3) is 0.316. The average Bonchev–Trinajstić information content (AvgIpc) is 3.17. The van der Waals surface area contributed by atoms with Crippen LogP contribution in [0.1, 0.15) is 11.4 Å². The normalized spacial score (nSPS) is 16.2. The van der Waals surface area contributed by atoms with Crippen molar-refractivity contribution >= 4 is 10.0 Å². The van der Waals surface area contributed by atoms with Crippen LogP contribution in [0.3, 0.4) is 0 Å². The van der Waals surface area contributed by atoms with Crippen molar-refractivity contribution in [2.45, 2.75) is 18.4 Å². The zero-order valence-corrected chi connectivity index (χ0v) is 16.8. The van der Waals surface area contributed by atoms with E-state index >= 15 is 0 Å². The van der Waals surface area contributed by atoms with Crippen LogP contribution < -0.4 is 0 Å². The first-order valence-corrected chi connectivity index (χ1v) is 10.7. The standard InChI is InChI=1S/C19H21FN6O2S/c1-15-2-8-18(9-3-15)29(27,28)25-12-10-24(11-13-25)14-19-21-22-23-26(19)17-6-4-16(20)5-7-17/h2-9H,10-14H2,1H3. The summed E-state index contributed by atoms with van der Waals surface area (Å²) < 4.78 is 41.9. The van der Waals surface area contributed by atoms with Crippen LogP contribution in [0.2, 0.25) is 0 Å². The largest absolute Gasteiger partial charge is 0.293 e. The number of piperazine rings is 1. The summed E-state index contributed by atoms with van der Waals surface area (Å²) in [4.78, 5) is 2.42. The van der Waals surface area contributed by atoms with Gasteiger partial charge in [-0.25, -0.2) is 12.8 Å². The summed E-state index contributed by atoms with van der Waals surface area (Å²) in [6, 6.07) is 12.8. The minimum Gasteiger partial charge on any atom is -0.293 e. The molecule has 0 spiro atoms. The Morgan fingerprint density at radius 3 is 2.28 bits per heavy atom. The van der Waals surface area contributed by atoms with E-state index in [4.69, 9.17) is 0 Å². The van der Waals surface area contributed by atoms with Crippen molar-refractivity contribution in [3.8, 4) is 5.69 Å². The summed E-state index contributed by atoms with van der Waals surface area (Å²) >= 11 is 0. The van der Waals surface area contributed by atoms with Crippen LogP contribution in [-0.2, 0) is 16.6 Å². The van der Waals surface area contributed by atoms with Crippen LogP contribution >= 0.6 is 0 Å². The highest BCUT2D eigenvalue weighted by molar-refractivity contribution is 7.89. The number of nitrogens with zero attached hydrogens (tertiary/aromatic N) is 6. The molecule has 0 bridgehead atoms. The van der Waals surface area contributed by atoms with Gasteiger partial charge in [0.05, 0.1) is 17.1 Å².